The molecule has 1 aliphatic rings. The number of carbonyl (C=O) groups is 2. The number of aliphatic carboxylic acids is 1. The third-order valence-corrected chi connectivity index (χ3v) is 2.55. The van der Waals surface area contributed by atoms with Gasteiger partial charge in [0.25, 0.3) is 0 Å². The molecule has 0 aromatic rings. The second-order valence-corrected chi connectivity index (χ2v) is 3.44. The summed E-state index contributed by atoms with van der Waals surface area (Å²) < 4.78 is 0. The molecule has 0 bridgehead atoms. The van der Waals surface area contributed by atoms with Crippen LogP contribution in [0.1, 0.15) is 13.3 Å². The highest BCUT2D eigenvalue weighted by atomic mass is 16.4. The van der Waals surface area contributed by atoms with E-state index in [1.807, 2.05) is 6.92 Å². The molecule has 13 heavy (non-hydrogen) atoms. The summed E-state index contributed by atoms with van der Waals surface area (Å²) >= 11 is 0. The number of carboxylic acid groups (broad SMARTS) is 2. The molecule has 1 saturated heterocycles. The molecule has 2 atom stereocenters. The first kappa shape index (κ1) is 9.83. The van der Waals surface area contributed by atoms with E-state index in [0.29, 0.717) is 13.0 Å². The number of rotatable bonds is 1. The van der Waals surface area contributed by atoms with Crippen molar-refractivity contribution in [2.24, 2.45) is 11.8 Å². The molecule has 0 spiro atoms. The summed E-state index contributed by atoms with van der Waals surface area (Å²) in [6.07, 6.45) is -0.401. The summed E-state index contributed by atoms with van der Waals surface area (Å²) in [5.74, 6) is -1.39. The molecule has 0 aliphatic carbocycles. The summed E-state index contributed by atoms with van der Waals surface area (Å²) in [7, 11) is 0. The van der Waals surface area contributed by atoms with Crippen molar-refractivity contribution in [3.63, 3.8) is 0 Å². The van der Waals surface area contributed by atoms with E-state index in [1.54, 1.807) is 0 Å². The zero-order valence-corrected chi connectivity index (χ0v) is 7.43. The van der Waals surface area contributed by atoms with E-state index < -0.39 is 18.0 Å². The lowest BCUT2D eigenvalue weighted by molar-refractivity contribution is -0.145. The molecule has 0 radical (unpaired) electrons. The summed E-state index contributed by atoms with van der Waals surface area (Å²) in [6.45, 7) is 2.41. The first-order chi connectivity index (χ1) is 6.02. The zero-order valence-electron chi connectivity index (χ0n) is 7.43. The number of likely N-dealkylation sites (tertiary alicyclic amines) is 1. The molecule has 5 nitrogen and oxygen atoms in total. The van der Waals surface area contributed by atoms with Gasteiger partial charge in [-0.05, 0) is 12.3 Å². The van der Waals surface area contributed by atoms with Crippen LogP contribution in [-0.2, 0) is 4.79 Å². The summed E-state index contributed by atoms with van der Waals surface area (Å²) in [4.78, 5) is 22.4. The van der Waals surface area contributed by atoms with Gasteiger partial charge in [-0.2, -0.15) is 0 Å². The van der Waals surface area contributed by atoms with Crippen molar-refractivity contribution in [3.05, 3.63) is 0 Å². The highest BCUT2D eigenvalue weighted by Crippen LogP contribution is 2.23. The zero-order chi connectivity index (χ0) is 10.0. The van der Waals surface area contributed by atoms with E-state index >= 15 is 0 Å². The molecule has 5 heteroatoms. The van der Waals surface area contributed by atoms with Crippen LogP contribution in [0.25, 0.3) is 0 Å². The van der Waals surface area contributed by atoms with Gasteiger partial charge < -0.3 is 15.1 Å². The van der Waals surface area contributed by atoms with Crippen LogP contribution in [0.4, 0.5) is 4.79 Å². The van der Waals surface area contributed by atoms with Crippen molar-refractivity contribution >= 4 is 12.1 Å². The maximum absolute atomic E-state index is 10.7. The Kier molecular flexibility index (Phi) is 2.75. The van der Waals surface area contributed by atoms with Crippen molar-refractivity contribution in [2.75, 3.05) is 13.1 Å². The van der Waals surface area contributed by atoms with E-state index in [2.05, 4.69) is 0 Å². The van der Waals surface area contributed by atoms with Crippen molar-refractivity contribution in [2.45, 2.75) is 13.3 Å². The molecule has 1 heterocycles. The van der Waals surface area contributed by atoms with Crippen LogP contribution in [0.2, 0.25) is 0 Å². The van der Waals surface area contributed by atoms with Gasteiger partial charge in [0.15, 0.2) is 0 Å². The lowest BCUT2D eigenvalue weighted by Gasteiger charge is -2.32. The number of carboxylic acids is 1. The summed E-state index contributed by atoms with van der Waals surface area (Å²) in [5.41, 5.74) is 0. The quantitative estimate of drug-likeness (QED) is 0.633. The Labute approximate surface area is 76.0 Å². The van der Waals surface area contributed by atoms with Gasteiger partial charge in [0, 0.05) is 13.1 Å². The molecule has 0 aromatic heterocycles. The van der Waals surface area contributed by atoms with Crippen molar-refractivity contribution in [3.8, 4) is 0 Å². The highest BCUT2D eigenvalue weighted by molar-refractivity contribution is 5.72. The monoisotopic (exact) mass is 187 g/mol. The predicted octanol–water partition coefficient (Wildman–Crippen LogP) is 0.707. The molecule has 0 unspecified atom stereocenters. The van der Waals surface area contributed by atoms with Crippen LogP contribution in [0, 0.1) is 11.8 Å². The third kappa shape index (κ3) is 2.11. The van der Waals surface area contributed by atoms with Crippen LogP contribution >= 0.6 is 0 Å². The molecule has 1 rings (SSSR count). The number of nitrogens with zero attached hydrogens (tertiary/aromatic N) is 1. The Morgan fingerprint density at radius 3 is 2.46 bits per heavy atom. The van der Waals surface area contributed by atoms with Crippen molar-refractivity contribution < 1.29 is 19.8 Å². The minimum Gasteiger partial charge on any atom is -0.481 e. The second kappa shape index (κ2) is 3.64. The Morgan fingerprint density at radius 1 is 1.38 bits per heavy atom. The normalized spacial score (nSPS) is 28.5. The Morgan fingerprint density at radius 2 is 2.00 bits per heavy atom. The van der Waals surface area contributed by atoms with E-state index in [9.17, 15) is 9.59 Å². The highest BCUT2D eigenvalue weighted by Gasteiger charge is 2.33. The molecule has 1 aliphatic heterocycles. The molecule has 2 N–H and O–H groups in total. The van der Waals surface area contributed by atoms with Crippen molar-refractivity contribution in [1.82, 2.24) is 4.90 Å². The number of piperidine rings is 1. The fraction of sp³-hybridized carbons (Fsp3) is 0.750. The van der Waals surface area contributed by atoms with Crippen LogP contribution in [-0.4, -0.2) is 40.3 Å². The minimum absolute atomic E-state index is 0.0631. The van der Waals surface area contributed by atoms with Gasteiger partial charge in [-0.25, -0.2) is 4.79 Å². The van der Waals surface area contributed by atoms with Crippen molar-refractivity contribution in [1.29, 1.82) is 0 Å². The Balaban J connectivity index is 2.63. The topological polar surface area (TPSA) is 77.8 Å². The summed E-state index contributed by atoms with van der Waals surface area (Å²) in [5, 5.41) is 17.4. The molecule has 0 aromatic carbocycles. The lowest BCUT2D eigenvalue weighted by Crippen LogP contribution is -2.45. The standard InChI is InChI=1S/C8H13NO4/c1-5-2-3-9(8(12)13)4-6(5)7(10)11/h5-6H,2-4H2,1H3,(H,10,11)(H,12,13)/t5-,6-/m1/s1. The van der Waals surface area contributed by atoms with Crippen LogP contribution in [0.15, 0.2) is 0 Å². The van der Waals surface area contributed by atoms with Gasteiger partial charge in [-0.15, -0.1) is 0 Å². The second-order valence-electron chi connectivity index (χ2n) is 3.44. The van der Waals surface area contributed by atoms with Gasteiger partial charge in [0.2, 0.25) is 0 Å². The maximum Gasteiger partial charge on any atom is 0.407 e. The first-order valence-electron chi connectivity index (χ1n) is 4.23. The molecule has 0 saturated carbocycles. The third-order valence-electron chi connectivity index (χ3n) is 2.55. The summed E-state index contributed by atoms with van der Waals surface area (Å²) in [6, 6.07) is 0. The SMILES string of the molecule is C[C@@H]1CCN(C(=O)O)C[C@H]1C(=O)O. The Hall–Kier alpha value is -1.26. The molecular weight excluding hydrogens is 174 g/mol. The Bertz CT molecular complexity index is 228. The van der Waals surface area contributed by atoms with Gasteiger partial charge in [0.05, 0.1) is 5.92 Å². The van der Waals surface area contributed by atoms with Gasteiger partial charge >= 0.3 is 12.1 Å². The van der Waals surface area contributed by atoms with E-state index in [-0.39, 0.29) is 12.5 Å². The molecule has 1 fully saturated rings. The largest absolute Gasteiger partial charge is 0.481 e. The number of hydrogen-bond donors (Lipinski definition) is 2. The fourth-order valence-electron chi connectivity index (χ4n) is 1.56. The van der Waals surface area contributed by atoms with E-state index in [4.69, 9.17) is 10.2 Å². The van der Waals surface area contributed by atoms with Crippen LogP contribution in [0.5, 0.6) is 0 Å². The van der Waals surface area contributed by atoms with Gasteiger partial charge in [-0.1, -0.05) is 6.92 Å². The number of amides is 1. The molecular formula is C8H13NO4. The number of hydrogen-bond acceptors (Lipinski definition) is 2. The van der Waals surface area contributed by atoms with E-state index in [0.717, 1.165) is 0 Å². The maximum atomic E-state index is 10.7. The average Bonchev–Trinajstić information content (AvgIpc) is 2.04. The smallest absolute Gasteiger partial charge is 0.407 e. The predicted molar refractivity (Wildman–Crippen MR) is 44.5 cm³/mol. The minimum atomic E-state index is -1.03. The fourth-order valence-corrected chi connectivity index (χ4v) is 1.56. The molecule has 74 valence electrons. The van der Waals surface area contributed by atoms with E-state index in [1.165, 1.54) is 4.90 Å². The molecule has 1 amide bonds. The van der Waals surface area contributed by atoms with Gasteiger partial charge in [-0.3, -0.25) is 4.79 Å². The first-order valence-corrected chi connectivity index (χ1v) is 4.23. The van der Waals surface area contributed by atoms with Crippen LogP contribution in [0.3, 0.4) is 0 Å². The average molecular weight is 187 g/mol. The lowest BCUT2D eigenvalue weighted by atomic mass is 9.87. The van der Waals surface area contributed by atoms with Crippen LogP contribution < -0.4 is 0 Å². The van der Waals surface area contributed by atoms with Gasteiger partial charge in [0.1, 0.15) is 0 Å².